The highest BCUT2D eigenvalue weighted by Gasteiger charge is 2.26. The van der Waals surface area contributed by atoms with Crippen LogP contribution in [0.3, 0.4) is 0 Å². The molecule has 0 radical (unpaired) electrons. The Bertz CT molecular complexity index is 754. The molecule has 0 spiro atoms. The molecule has 0 aliphatic carbocycles. The van der Waals surface area contributed by atoms with Crippen LogP contribution in [0.25, 0.3) is 0 Å². The minimum Gasteiger partial charge on any atom is -0.292 e. The number of Topliss-reactive ketones (excluding diaryl/α,β-unsaturated/α-hetero) is 1. The molecular weight excluding hydrogens is 288 g/mol. The Morgan fingerprint density at radius 3 is 2.00 bits per heavy atom. The third-order valence-corrected chi connectivity index (χ3v) is 4.45. The van der Waals surface area contributed by atoms with Crippen LogP contribution in [0.1, 0.15) is 6.92 Å². The van der Waals surface area contributed by atoms with Crippen LogP contribution in [0.4, 0.5) is 5.69 Å². The first kappa shape index (κ1) is 14.9. The fraction of sp³-hybridized carbons (Fsp3) is 0.0667. The van der Waals surface area contributed by atoms with Gasteiger partial charge in [0.05, 0.1) is 10.6 Å². The minimum atomic E-state index is -3.93. The first-order valence-electron chi connectivity index (χ1n) is 6.21. The van der Waals surface area contributed by atoms with Gasteiger partial charge in [0.15, 0.2) is 5.78 Å². The highest BCUT2D eigenvalue weighted by molar-refractivity contribution is 8.08. The highest BCUT2D eigenvalue weighted by atomic mass is 32.2. The monoisotopic (exact) mass is 302 g/mol. The van der Waals surface area contributed by atoms with Crippen molar-refractivity contribution in [2.45, 2.75) is 11.8 Å². The Kier molecular flexibility index (Phi) is 4.49. The molecule has 2 aromatic carbocycles. The Balaban J connectivity index is 2.38. The molecule has 0 bridgehead atoms. The van der Waals surface area contributed by atoms with Gasteiger partial charge in [0.2, 0.25) is 14.9 Å². The van der Waals surface area contributed by atoms with Crippen LogP contribution in [-0.2, 0) is 14.6 Å². The van der Waals surface area contributed by atoms with E-state index in [0.717, 1.165) is 0 Å². The third-order valence-electron chi connectivity index (χ3n) is 2.67. The summed E-state index contributed by atoms with van der Waals surface area (Å²) in [6, 6.07) is 16.5. The number of hydrazone groups is 1. The van der Waals surface area contributed by atoms with Crippen molar-refractivity contribution in [3.8, 4) is 0 Å². The predicted octanol–water partition coefficient (Wildman–Crippen LogP) is 2.47. The number of benzene rings is 2. The van der Waals surface area contributed by atoms with Crippen LogP contribution in [0.15, 0.2) is 70.7 Å². The Morgan fingerprint density at radius 1 is 0.952 bits per heavy atom. The maximum absolute atomic E-state index is 12.4. The molecule has 0 heterocycles. The molecular formula is C15H14N2O3S. The standard InChI is InChI=1S/C15H14N2O3S/c1-12(18)15(17-16-13-8-4-2-5-9-13)21(19,20)14-10-6-3-7-11-14/h2-11,16H,1H3/b17-15+. The second-order valence-corrected chi connectivity index (χ2v) is 6.13. The second kappa shape index (κ2) is 6.32. The zero-order chi connectivity index (χ0) is 15.3. The smallest absolute Gasteiger partial charge is 0.229 e. The first-order chi connectivity index (χ1) is 10.0. The second-order valence-electron chi connectivity index (χ2n) is 4.27. The maximum atomic E-state index is 12.4. The van der Waals surface area contributed by atoms with Crippen LogP contribution in [0.2, 0.25) is 0 Å². The molecule has 0 aliphatic rings. The van der Waals surface area contributed by atoms with Gasteiger partial charge in [0.25, 0.3) is 0 Å². The van der Waals surface area contributed by atoms with Gasteiger partial charge in [-0.05, 0) is 24.3 Å². The van der Waals surface area contributed by atoms with Crippen molar-refractivity contribution in [1.82, 2.24) is 0 Å². The van der Waals surface area contributed by atoms with E-state index < -0.39 is 20.7 Å². The summed E-state index contributed by atoms with van der Waals surface area (Å²) in [5, 5.41) is 3.25. The summed E-state index contributed by atoms with van der Waals surface area (Å²) >= 11 is 0. The number of carbonyl (C=O) groups excluding carboxylic acids is 1. The van der Waals surface area contributed by atoms with Crippen molar-refractivity contribution in [3.05, 3.63) is 60.7 Å². The topological polar surface area (TPSA) is 75.6 Å². The van der Waals surface area contributed by atoms with Crippen molar-refractivity contribution in [2.24, 2.45) is 5.10 Å². The number of sulfone groups is 1. The number of hydrogen-bond acceptors (Lipinski definition) is 5. The Hall–Kier alpha value is -2.47. The molecule has 0 saturated heterocycles. The first-order valence-corrected chi connectivity index (χ1v) is 7.70. The number of rotatable bonds is 4. The van der Waals surface area contributed by atoms with Crippen LogP contribution >= 0.6 is 0 Å². The minimum absolute atomic E-state index is 0.0359. The molecule has 21 heavy (non-hydrogen) atoms. The van der Waals surface area contributed by atoms with Crippen molar-refractivity contribution < 1.29 is 13.2 Å². The van der Waals surface area contributed by atoms with Crippen molar-refractivity contribution in [2.75, 3.05) is 5.43 Å². The molecule has 2 rings (SSSR count). The lowest BCUT2D eigenvalue weighted by molar-refractivity contribution is -0.110. The molecule has 0 atom stereocenters. The normalized spacial score (nSPS) is 12.0. The summed E-state index contributed by atoms with van der Waals surface area (Å²) in [4.78, 5) is 11.7. The number of nitrogens with one attached hydrogen (secondary N) is 1. The quantitative estimate of drug-likeness (QED) is 0.535. The Labute approximate surface area is 123 Å². The lowest BCUT2D eigenvalue weighted by Gasteiger charge is -2.06. The van der Waals surface area contributed by atoms with E-state index in [1.807, 2.05) is 6.07 Å². The van der Waals surface area contributed by atoms with Gasteiger partial charge in [-0.2, -0.15) is 5.10 Å². The highest BCUT2D eigenvalue weighted by Crippen LogP contribution is 2.13. The van der Waals surface area contributed by atoms with Crippen LogP contribution in [0, 0.1) is 0 Å². The molecule has 0 aliphatic heterocycles. The molecule has 108 valence electrons. The van der Waals surface area contributed by atoms with E-state index in [4.69, 9.17) is 0 Å². The zero-order valence-electron chi connectivity index (χ0n) is 11.4. The SMILES string of the molecule is CC(=O)/C(=N\Nc1ccccc1)S(=O)(=O)c1ccccc1. The molecule has 5 nitrogen and oxygen atoms in total. The molecule has 0 aromatic heterocycles. The van der Waals surface area contributed by atoms with E-state index in [9.17, 15) is 13.2 Å². The van der Waals surface area contributed by atoms with Crippen molar-refractivity contribution >= 4 is 26.4 Å². The van der Waals surface area contributed by atoms with Gasteiger partial charge in [-0.1, -0.05) is 36.4 Å². The number of carbonyl (C=O) groups is 1. The summed E-state index contributed by atoms with van der Waals surface area (Å²) in [7, 11) is -3.93. The lowest BCUT2D eigenvalue weighted by Crippen LogP contribution is -2.23. The molecule has 2 aromatic rings. The van der Waals surface area contributed by atoms with Gasteiger partial charge < -0.3 is 0 Å². The van der Waals surface area contributed by atoms with E-state index in [1.54, 1.807) is 42.5 Å². The van der Waals surface area contributed by atoms with Gasteiger partial charge >= 0.3 is 0 Å². The van der Waals surface area contributed by atoms with E-state index in [-0.39, 0.29) is 4.90 Å². The van der Waals surface area contributed by atoms with Crippen LogP contribution in [0.5, 0.6) is 0 Å². The van der Waals surface area contributed by atoms with Crippen molar-refractivity contribution in [3.63, 3.8) is 0 Å². The lowest BCUT2D eigenvalue weighted by atomic mass is 10.3. The molecule has 0 saturated carbocycles. The van der Waals surface area contributed by atoms with Gasteiger partial charge in [-0.25, -0.2) is 8.42 Å². The van der Waals surface area contributed by atoms with Gasteiger partial charge in [0, 0.05) is 6.92 Å². The number of hydrogen-bond donors (Lipinski definition) is 1. The summed E-state index contributed by atoms with van der Waals surface area (Å²) < 4.78 is 24.8. The predicted molar refractivity (Wildman–Crippen MR) is 81.8 cm³/mol. The molecule has 1 N–H and O–H groups in total. The summed E-state index contributed by atoms with van der Waals surface area (Å²) in [5.74, 6) is -0.623. The van der Waals surface area contributed by atoms with E-state index in [1.165, 1.54) is 19.1 Å². The Morgan fingerprint density at radius 2 is 1.48 bits per heavy atom. The molecule has 0 amide bonds. The number of para-hydroxylation sites is 1. The summed E-state index contributed by atoms with van der Waals surface area (Å²) in [6.07, 6.45) is 0. The average molecular weight is 302 g/mol. The number of ketones is 1. The number of anilines is 1. The van der Waals surface area contributed by atoms with Crippen molar-refractivity contribution in [1.29, 1.82) is 0 Å². The molecule has 0 fully saturated rings. The van der Waals surface area contributed by atoms with E-state index in [2.05, 4.69) is 10.5 Å². The van der Waals surface area contributed by atoms with E-state index in [0.29, 0.717) is 5.69 Å². The average Bonchev–Trinajstić information content (AvgIpc) is 2.49. The number of nitrogens with zero attached hydrogens (tertiary/aromatic N) is 1. The summed E-state index contributed by atoms with van der Waals surface area (Å²) in [5.41, 5.74) is 3.19. The largest absolute Gasteiger partial charge is 0.292 e. The van der Waals surface area contributed by atoms with Gasteiger partial charge in [-0.15, -0.1) is 0 Å². The van der Waals surface area contributed by atoms with E-state index >= 15 is 0 Å². The van der Waals surface area contributed by atoms with Gasteiger partial charge in [-0.3, -0.25) is 10.2 Å². The maximum Gasteiger partial charge on any atom is 0.229 e. The van der Waals surface area contributed by atoms with Crippen LogP contribution in [-0.4, -0.2) is 19.2 Å². The molecule has 0 unspecified atom stereocenters. The molecule has 6 heteroatoms. The zero-order valence-corrected chi connectivity index (χ0v) is 12.2. The fourth-order valence-electron chi connectivity index (χ4n) is 1.67. The third kappa shape index (κ3) is 3.55. The fourth-order valence-corrected chi connectivity index (χ4v) is 2.95. The van der Waals surface area contributed by atoms with Crippen LogP contribution < -0.4 is 5.43 Å². The summed E-state index contributed by atoms with van der Waals surface area (Å²) in [6.45, 7) is 1.17. The van der Waals surface area contributed by atoms with Gasteiger partial charge in [0.1, 0.15) is 0 Å².